The zero-order chi connectivity index (χ0) is 17.5. The second kappa shape index (κ2) is 8.33. The van der Waals surface area contributed by atoms with Crippen molar-refractivity contribution in [2.24, 2.45) is 0 Å². The predicted molar refractivity (Wildman–Crippen MR) is 79.9 cm³/mol. The maximum Gasteiger partial charge on any atom is 0.351 e. The summed E-state index contributed by atoms with van der Waals surface area (Å²) in [4.78, 5) is 33.9. The molecule has 1 unspecified atom stereocenters. The second-order valence-electron chi connectivity index (χ2n) is 5.77. The average Bonchev–Trinajstić information content (AvgIpc) is 2.36. The number of carboxylic acids is 1. The zero-order valence-corrected chi connectivity index (χ0v) is 13.5. The molecule has 0 aromatic heterocycles. The van der Waals surface area contributed by atoms with E-state index in [4.69, 9.17) is 14.6 Å². The van der Waals surface area contributed by atoms with Crippen LogP contribution < -0.4 is 0 Å². The van der Waals surface area contributed by atoms with Gasteiger partial charge in [0, 0.05) is 11.1 Å². The first-order valence-electron chi connectivity index (χ1n) is 6.70. The maximum absolute atomic E-state index is 11.5. The van der Waals surface area contributed by atoms with Crippen molar-refractivity contribution in [3.63, 3.8) is 0 Å². The number of quaternary nitrogens is 1. The summed E-state index contributed by atoms with van der Waals surface area (Å²) in [6.07, 6.45) is -1.30. The van der Waals surface area contributed by atoms with E-state index < -0.39 is 24.0 Å². The van der Waals surface area contributed by atoms with Crippen molar-refractivity contribution in [3.05, 3.63) is 24.3 Å². The minimum Gasteiger partial charge on any atom is -0.478 e. The Bertz CT molecular complexity index is 480. The summed E-state index contributed by atoms with van der Waals surface area (Å²) >= 11 is 0. The van der Waals surface area contributed by atoms with E-state index in [-0.39, 0.29) is 23.2 Å². The molecule has 0 aromatic rings. The van der Waals surface area contributed by atoms with Crippen LogP contribution in [-0.4, -0.2) is 67.4 Å². The molecule has 0 aromatic carbocycles. The summed E-state index contributed by atoms with van der Waals surface area (Å²) in [5.74, 6) is -2.48. The van der Waals surface area contributed by atoms with E-state index in [1.165, 1.54) is 6.92 Å². The third-order valence-electron chi connectivity index (χ3n) is 2.81. The van der Waals surface area contributed by atoms with Crippen molar-refractivity contribution in [1.82, 2.24) is 0 Å². The lowest BCUT2D eigenvalue weighted by Gasteiger charge is -2.31. The molecule has 0 aliphatic carbocycles. The number of rotatable bonds is 9. The van der Waals surface area contributed by atoms with E-state index in [2.05, 4.69) is 13.2 Å². The smallest absolute Gasteiger partial charge is 0.351 e. The lowest BCUT2D eigenvalue weighted by molar-refractivity contribution is -0.892. The van der Waals surface area contributed by atoms with Gasteiger partial charge in [0.1, 0.15) is 19.7 Å². The molecule has 124 valence electrons. The number of hydrogen-bond donors (Lipinski definition) is 1. The van der Waals surface area contributed by atoms with Crippen LogP contribution in [0.5, 0.6) is 0 Å². The minimum absolute atomic E-state index is 0.0407. The van der Waals surface area contributed by atoms with Gasteiger partial charge in [0.25, 0.3) is 0 Å². The van der Waals surface area contributed by atoms with Crippen LogP contribution in [0.15, 0.2) is 24.3 Å². The summed E-state index contributed by atoms with van der Waals surface area (Å²) in [5.41, 5.74) is 0.427. The van der Waals surface area contributed by atoms with Gasteiger partial charge in [-0.25, -0.2) is 14.4 Å². The number of carbonyl (C=O) groups excluding carboxylic acids is 2. The zero-order valence-electron chi connectivity index (χ0n) is 13.5. The highest BCUT2D eigenvalue weighted by molar-refractivity contribution is 5.89. The normalized spacial score (nSPS) is 12.2. The molecule has 0 spiro atoms. The van der Waals surface area contributed by atoms with Gasteiger partial charge in [-0.2, -0.15) is 0 Å². The number of ether oxygens (including phenoxy) is 2. The van der Waals surface area contributed by atoms with Crippen LogP contribution in [0.4, 0.5) is 0 Å². The molecule has 0 radical (unpaired) electrons. The van der Waals surface area contributed by atoms with Gasteiger partial charge in [-0.05, 0) is 13.8 Å². The summed E-state index contributed by atoms with van der Waals surface area (Å²) in [6, 6.07) is 0. The van der Waals surface area contributed by atoms with Gasteiger partial charge in [0.15, 0.2) is 0 Å². The molecule has 7 nitrogen and oxygen atoms in total. The molecule has 0 aliphatic rings. The first-order valence-corrected chi connectivity index (χ1v) is 6.70. The van der Waals surface area contributed by atoms with Crippen LogP contribution in [0, 0.1) is 0 Å². The van der Waals surface area contributed by atoms with Crippen molar-refractivity contribution in [2.45, 2.75) is 20.0 Å². The Labute approximate surface area is 130 Å². The predicted octanol–water partition coefficient (Wildman–Crippen LogP) is 0.755. The fourth-order valence-corrected chi connectivity index (χ4v) is 1.44. The number of carbonyl (C=O) groups is 3. The van der Waals surface area contributed by atoms with E-state index in [1.807, 2.05) is 0 Å². The van der Waals surface area contributed by atoms with Crippen LogP contribution in [0.2, 0.25) is 0 Å². The standard InChI is InChI=1S/C15H23NO6/c1-10(2)14(19)21-8-7-16(5,6)9-12(13(17)18)22-15(20)11(3)4/h12H,1,3,7-9H2,2,4-6H3/p+1. The third kappa shape index (κ3) is 7.58. The highest BCUT2D eigenvalue weighted by Crippen LogP contribution is 2.07. The van der Waals surface area contributed by atoms with Gasteiger partial charge in [-0.15, -0.1) is 0 Å². The molecule has 0 saturated carbocycles. The Morgan fingerprint density at radius 3 is 2.00 bits per heavy atom. The van der Waals surface area contributed by atoms with Gasteiger partial charge in [0.2, 0.25) is 6.10 Å². The summed E-state index contributed by atoms with van der Waals surface area (Å²) in [7, 11) is 3.50. The van der Waals surface area contributed by atoms with Gasteiger partial charge in [0.05, 0.1) is 14.1 Å². The molecule has 0 aliphatic heterocycles. The molecule has 1 atom stereocenters. The highest BCUT2D eigenvalue weighted by atomic mass is 16.6. The minimum atomic E-state index is -1.30. The molecule has 0 heterocycles. The Hall–Kier alpha value is -2.15. The average molecular weight is 314 g/mol. The topological polar surface area (TPSA) is 89.9 Å². The molecule has 0 amide bonds. The molecule has 1 N–H and O–H groups in total. The van der Waals surface area contributed by atoms with Crippen molar-refractivity contribution in [2.75, 3.05) is 33.8 Å². The van der Waals surface area contributed by atoms with Crippen molar-refractivity contribution < 1.29 is 33.4 Å². The monoisotopic (exact) mass is 314 g/mol. The van der Waals surface area contributed by atoms with Gasteiger partial charge in [-0.1, -0.05) is 13.2 Å². The van der Waals surface area contributed by atoms with E-state index in [0.29, 0.717) is 12.1 Å². The van der Waals surface area contributed by atoms with Gasteiger partial charge >= 0.3 is 17.9 Å². The molecule has 0 saturated heterocycles. The third-order valence-corrected chi connectivity index (χ3v) is 2.81. The Morgan fingerprint density at radius 1 is 1.09 bits per heavy atom. The second-order valence-corrected chi connectivity index (χ2v) is 5.77. The summed E-state index contributed by atoms with van der Waals surface area (Å²) in [5, 5.41) is 9.14. The quantitative estimate of drug-likeness (QED) is 0.384. The lowest BCUT2D eigenvalue weighted by Crippen LogP contribution is -2.50. The first kappa shape index (κ1) is 19.9. The van der Waals surface area contributed by atoms with E-state index in [1.54, 1.807) is 21.0 Å². The number of aliphatic carboxylic acids is 1. The fourth-order valence-electron chi connectivity index (χ4n) is 1.44. The number of hydrogen-bond acceptors (Lipinski definition) is 5. The molecular formula is C15H24NO6+. The van der Waals surface area contributed by atoms with Crippen LogP contribution in [0.1, 0.15) is 13.8 Å². The number of nitrogens with zero attached hydrogens (tertiary/aromatic N) is 1. The van der Waals surface area contributed by atoms with E-state index in [0.717, 1.165) is 0 Å². The lowest BCUT2D eigenvalue weighted by atomic mass is 10.2. The molecule has 0 rings (SSSR count). The molecule has 7 heteroatoms. The molecule has 0 bridgehead atoms. The molecular weight excluding hydrogens is 290 g/mol. The Morgan fingerprint density at radius 2 is 1.59 bits per heavy atom. The van der Waals surface area contributed by atoms with Crippen molar-refractivity contribution in [1.29, 1.82) is 0 Å². The largest absolute Gasteiger partial charge is 0.478 e. The number of esters is 2. The van der Waals surface area contributed by atoms with Crippen LogP contribution in [0.3, 0.4) is 0 Å². The summed E-state index contributed by atoms with van der Waals surface area (Å²) in [6.45, 7) is 10.4. The number of carboxylic acid groups (broad SMARTS) is 1. The fraction of sp³-hybridized carbons (Fsp3) is 0.533. The molecule has 0 fully saturated rings. The van der Waals surface area contributed by atoms with Crippen molar-refractivity contribution in [3.8, 4) is 0 Å². The van der Waals surface area contributed by atoms with Gasteiger partial charge < -0.3 is 19.1 Å². The Kier molecular flexibility index (Phi) is 7.52. The van der Waals surface area contributed by atoms with Crippen LogP contribution in [0.25, 0.3) is 0 Å². The van der Waals surface area contributed by atoms with Crippen LogP contribution >= 0.6 is 0 Å². The summed E-state index contributed by atoms with van der Waals surface area (Å²) < 4.78 is 10.1. The Balaban J connectivity index is 4.58. The van der Waals surface area contributed by atoms with E-state index >= 15 is 0 Å². The SMILES string of the molecule is C=C(C)C(=O)OCC[N+](C)(C)CC(OC(=O)C(=C)C)C(=O)O. The van der Waals surface area contributed by atoms with Crippen molar-refractivity contribution >= 4 is 17.9 Å². The molecule has 22 heavy (non-hydrogen) atoms. The first-order chi connectivity index (χ1) is 9.96. The van der Waals surface area contributed by atoms with Crippen LogP contribution in [-0.2, 0) is 23.9 Å². The van der Waals surface area contributed by atoms with E-state index in [9.17, 15) is 14.4 Å². The van der Waals surface area contributed by atoms with Gasteiger partial charge in [-0.3, -0.25) is 0 Å². The highest BCUT2D eigenvalue weighted by Gasteiger charge is 2.31. The number of likely N-dealkylation sites (N-methyl/N-ethyl adjacent to an activating group) is 1. The maximum atomic E-state index is 11.5.